The van der Waals surface area contributed by atoms with Crippen molar-refractivity contribution in [3.8, 4) is 11.5 Å². The first kappa shape index (κ1) is 26.6. The third-order valence-electron chi connectivity index (χ3n) is 6.18. The maximum Gasteiger partial charge on any atom is 0.224 e. The van der Waals surface area contributed by atoms with Gasteiger partial charge < -0.3 is 30.1 Å². The molecule has 0 aromatic heterocycles. The van der Waals surface area contributed by atoms with E-state index >= 15 is 0 Å². The summed E-state index contributed by atoms with van der Waals surface area (Å²) in [7, 11) is 1.66. The quantitative estimate of drug-likeness (QED) is 0.475. The average Bonchev–Trinajstić information content (AvgIpc) is 2.83. The molecule has 190 valence electrons. The summed E-state index contributed by atoms with van der Waals surface area (Å²) in [6.07, 6.45) is 1.13. The number of benzene rings is 2. The van der Waals surface area contributed by atoms with Gasteiger partial charge >= 0.3 is 0 Å². The topological polar surface area (TPSA) is 103 Å². The molecule has 0 radical (unpaired) electrons. The fourth-order valence-electron chi connectivity index (χ4n) is 4.51. The van der Waals surface area contributed by atoms with Crippen LogP contribution in [0.1, 0.15) is 25.3 Å². The van der Waals surface area contributed by atoms with Gasteiger partial charge in [-0.15, -0.1) is 12.4 Å². The number of para-hydroxylation sites is 2. The van der Waals surface area contributed by atoms with Crippen molar-refractivity contribution in [1.29, 1.82) is 0 Å². The predicted octanol–water partition coefficient (Wildman–Crippen LogP) is 2.87. The molecule has 0 saturated carbocycles. The summed E-state index contributed by atoms with van der Waals surface area (Å²) in [4.78, 5) is 27.6. The van der Waals surface area contributed by atoms with Gasteiger partial charge in [-0.1, -0.05) is 12.1 Å². The Morgan fingerprint density at radius 1 is 1.17 bits per heavy atom. The van der Waals surface area contributed by atoms with Crippen LogP contribution in [0.2, 0.25) is 0 Å². The van der Waals surface area contributed by atoms with Crippen LogP contribution in [0.25, 0.3) is 0 Å². The maximum atomic E-state index is 11.9. The van der Waals surface area contributed by atoms with Gasteiger partial charge in [0, 0.05) is 38.5 Å². The SMILES string of the molecule is COc1ccccc1N1CCN(CCCOc2ccc(NC(C)=O)c3c2CCC(=O)N3)C(O)C1.Cl. The van der Waals surface area contributed by atoms with Crippen molar-refractivity contribution < 1.29 is 24.2 Å². The third kappa shape index (κ3) is 6.36. The summed E-state index contributed by atoms with van der Waals surface area (Å²) in [6.45, 7) is 4.69. The van der Waals surface area contributed by atoms with Crippen LogP contribution in [-0.4, -0.2) is 67.9 Å². The highest BCUT2D eigenvalue weighted by molar-refractivity contribution is 6.02. The average molecular weight is 505 g/mol. The Morgan fingerprint density at radius 3 is 2.71 bits per heavy atom. The minimum Gasteiger partial charge on any atom is -0.495 e. The second-order valence-electron chi connectivity index (χ2n) is 8.53. The number of carbonyl (C=O) groups is 2. The molecule has 2 amide bonds. The van der Waals surface area contributed by atoms with Crippen molar-refractivity contribution in [1.82, 2.24) is 4.90 Å². The largest absolute Gasteiger partial charge is 0.495 e. The first-order chi connectivity index (χ1) is 16.5. The molecule has 0 aliphatic carbocycles. The number of hydrogen-bond acceptors (Lipinski definition) is 7. The fraction of sp³-hybridized carbons (Fsp3) is 0.440. The van der Waals surface area contributed by atoms with E-state index in [2.05, 4.69) is 20.4 Å². The highest BCUT2D eigenvalue weighted by Gasteiger charge is 2.27. The van der Waals surface area contributed by atoms with Gasteiger partial charge in [0.05, 0.1) is 37.3 Å². The Hall–Kier alpha value is -3.01. The van der Waals surface area contributed by atoms with Crippen LogP contribution in [0.4, 0.5) is 17.1 Å². The predicted molar refractivity (Wildman–Crippen MR) is 138 cm³/mol. The lowest BCUT2D eigenvalue weighted by Crippen LogP contribution is -2.53. The Balaban J connectivity index is 0.00000342. The molecule has 2 aromatic carbocycles. The molecule has 3 N–H and O–H groups in total. The molecule has 0 spiro atoms. The van der Waals surface area contributed by atoms with Crippen molar-refractivity contribution in [2.45, 2.75) is 32.4 Å². The molecule has 10 heteroatoms. The van der Waals surface area contributed by atoms with Crippen molar-refractivity contribution in [2.24, 2.45) is 0 Å². The van der Waals surface area contributed by atoms with E-state index in [9.17, 15) is 14.7 Å². The number of amides is 2. The third-order valence-corrected chi connectivity index (χ3v) is 6.18. The normalized spacial score (nSPS) is 17.6. The summed E-state index contributed by atoms with van der Waals surface area (Å²) in [6, 6.07) is 11.4. The van der Waals surface area contributed by atoms with Crippen LogP contribution in [-0.2, 0) is 16.0 Å². The molecule has 2 aromatic rings. The highest BCUT2D eigenvalue weighted by atomic mass is 35.5. The Kier molecular flexibility index (Phi) is 9.20. The number of β-amino-alcohol motifs (C(OH)–C–C–N with tert-alkyl or cyclic N) is 1. The van der Waals surface area contributed by atoms with Crippen molar-refractivity contribution in [3.63, 3.8) is 0 Å². The lowest BCUT2D eigenvalue weighted by molar-refractivity contribution is -0.116. The first-order valence-corrected chi connectivity index (χ1v) is 11.6. The molecule has 2 aliphatic heterocycles. The molecular weight excluding hydrogens is 472 g/mol. The molecule has 2 heterocycles. The Morgan fingerprint density at radius 2 is 1.97 bits per heavy atom. The number of anilines is 3. The van der Waals surface area contributed by atoms with Gasteiger partial charge in [-0.3, -0.25) is 14.5 Å². The van der Waals surface area contributed by atoms with Gasteiger partial charge in [-0.2, -0.15) is 0 Å². The van der Waals surface area contributed by atoms with Crippen LogP contribution < -0.4 is 25.0 Å². The number of carbonyl (C=O) groups excluding carboxylic acids is 2. The summed E-state index contributed by atoms with van der Waals surface area (Å²) in [5, 5.41) is 16.3. The van der Waals surface area contributed by atoms with E-state index in [1.54, 1.807) is 13.2 Å². The van der Waals surface area contributed by atoms with E-state index in [0.29, 0.717) is 49.7 Å². The van der Waals surface area contributed by atoms with E-state index in [1.165, 1.54) is 6.92 Å². The molecule has 1 saturated heterocycles. The number of halogens is 1. The molecule has 1 fully saturated rings. The van der Waals surface area contributed by atoms with E-state index < -0.39 is 6.23 Å². The molecule has 1 unspecified atom stereocenters. The van der Waals surface area contributed by atoms with Crippen molar-refractivity contribution in [3.05, 3.63) is 42.0 Å². The molecule has 2 aliphatic rings. The zero-order valence-corrected chi connectivity index (χ0v) is 20.9. The van der Waals surface area contributed by atoms with E-state index in [4.69, 9.17) is 9.47 Å². The van der Waals surface area contributed by atoms with Crippen molar-refractivity contribution in [2.75, 3.05) is 55.4 Å². The molecule has 35 heavy (non-hydrogen) atoms. The zero-order valence-electron chi connectivity index (χ0n) is 20.1. The van der Waals surface area contributed by atoms with Crippen LogP contribution in [0.3, 0.4) is 0 Å². The van der Waals surface area contributed by atoms with E-state index in [0.717, 1.165) is 36.5 Å². The number of nitrogens with one attached hydrogen (secondary N) is 2. The standard InChI is InChI=1S/C25H32N4O5.ClH/c1-17(30)26-19-9-10-21(18-8-11-23(31)27-25(18)19)34-15-5-12-28-13-14-29(16-24(28)32)20-6-3-4-7-22(20)33-2;/h3-4,6-7,9-10,24,32H,5,8,11-16H2,1-2H3,(H,26,30)(H,27,31);1H. The number of nitrogens with zero attached hydrogens (tertiary/aromatic N) is 2. The molecule has 4 rings (SSSR count). The second-order valence-corrected chi connectivity index (χ2v) is 8.53. The Bertz CT molecular complexity index is 1050. The number of methoxy groups -OCH3 is 1. The van der Waals surface area contributed by atoms with Gasteiger partial charge in [0.15, 0.2) is 0 Å². The second kappa shape index (κ2) is 12.1. The smallest absolute Gasteiger partial charge is 0.224 e. The minimum absolute atomic E-state index is 0. The number of piperazine rings is 1. The molecular formula is C25H33ClN4O5. The van der Waals surface area contributed by atoms with Crippen LogP contribution in [0.15, 0.2) is 36.4 Å². The minimum atomic E-state index is -0.571. The van der Waals surface area contributed by atoms with Gasteiger partial charge in [0.1, 0.15) is 17.7 Å². The first-order valence-electron chi connectivity index (χ1n) is 11.6. The summed E-state index contributed by atoms with van der Waals surface area (Å²) >= 11 is 0. The van der Waals surface area contributed by atoms with Crippen LogP contribution in [0.5, 0.6) is 11.5 Å². The fourth-order valence-corrected chi connectivity index (χ4v) is 4.51. The number of rotatable bonds is 8. The zero-order chi connectivity index (χ0) is 24.1. The number of ether oxygens (including phenoxy) is 2. The number of aliphatic hydroxyl groups is 1. The summed E-state index contributed by atoms with van der Waals surface area (Å²) in [5.74, 6) is 1.25. The van der Waals surface area contributed by atoms with Crippen molar-refractivity contribution >= 4 is 41.3 Å². The lowest BCUT2D eigenvalue weighted by atomic mass is 10.0. The Labute approximate surface area is 211 Å². The van der Waals surface area contributed by atoms with Gasteiger partial charge in [0.2, 0.25) is 11.8 Å². The molecule has 9 nitrogen and oxygen atoms in total. The van der Waals surface area contributed by atoms with Crippen LogP contribution >= 0.6 is 12.4 Å². The molecule has 0 bridgehead atoms. The monoisotopic (exact) mass is 504 g/mol. The number of hydrogen-bond donors (Lipinski definition) is 3. The molecule has 1 atom stereocenters. The number of fused-ring (bicyclic) bond motifs is 1. The van der Waals surface area contributed by atoms with Gasteiger partial charge in [0.25, 0.3) is 0 Å². The summed E-state index contributed by atoms with van der Waals surface area (Å²) in [5.41, 5.74) is 3.09. The highest BCUT2D eigenvalue weighted by Crippen LogP contribution is 2.37. The van der Waals surface area contributed by atoms with Crippen LogP contribution in [0, 0.1) is 0 Å². The lowest BCUT2D eigenvalue weighted by Gasteiger charge is -2.40. The van der Waals surface area contributed by atoms with E-state index in [-0.39, 0.29) is 24.2 Å². The van der Waals surface area contributed by atoms with Gasteiger partial charge in [-0.05, 0) is 37.1 Å². The summed E-state index contributed by atoms with van der Waals surface area (Å²) < 4.78 is 11.5. The van der Waals surface area contributed by atoms with E-state index in [1.807, 2.05) is 30.3 Å². The number of aliphatic hydroxyl groups excluding tert-OH is 1. The van der Waals surface area contributed by atoms with Gasteiger partial charge in [-0.25, -0.2) is 0 Å². The maximum absolute atomic E-state index is 11.9.